The van der Waals surface area contributed by atoms with Crippen molar-refractivity contribution in [3.8, 4) is 0 Å². The number of amides is 1. The van der Waals surface area contributed by atoms with E-state index in [2.05, 4.69) is 25.1 Å². The molecule has 0 bridgehead atoms. The number of carbonyl (C=O) groups excluding carboxylic acids is 1. The minimum atomic E-state index is -0.155. The number of anilines is 2. The Hall–Kier alpha value is -3.41. The van der Waals surface area contributed by atoms with Crippen LogP contribution in [0.3, 0.4) is 0 Å². The molecular formula is C22H23N5O. The molecule has 6 heteroatoms. The molecule has 1 saturated heterocycles. The summed E-state index contributed by atoms with van der Waals surface area (Å²) in [5, 5.41) is 2.94. The number of benzene rings is 1. The van der Waals surface area contributed by atoms with E-state index in [0.29, 0.717) is 12.2 Å². The van der Waals surface area contributed by atoms with Crippen LogP contribution in [0.5, 0.6) is 0 Å². The molecule has 1 aliphatic rings. The molecule has 1 aromatic carbocycles. The van der Waals surface area contributed by atoms with E-state index in [9.17, 15) is 4.79 Å². The Bertz CT molecular complexity index is 908. The second-order valence-corrected chi connectivity index (χ2v) is 6.71. The van der Waals surface area contributed by atoms with Crippen LogP contribution in [0.25, 0.3) is 0 Å². The molecule has 0 aliphatic carbocycles. The summed E-state index contributed by atoms with van der Waals surface area (Å²) in [6, 6.07) is 21.5. The molecule has 2 aromatic heterocycles. The second-order valence-electron chi connectivity index (χ2n) is 6.71. The Kier molecular flexibility index (Phi) is 5.47. The predicted molar refractivity (Wildman–Crippen MR) is 111 cm³/mol. The third kappa shape index (κ3) is 4.28. The fourth-order valence-electron chi connectivity index (χ4n) is 3.30. The van der Waals surface area contributed by atoms with Crippen molar-refractivity contribution >= 4 is 17.5 Å². The molecule has 1 fully saturated rings. The van der Waals surface area contributed by atoms with Crippen molar-refractivity contribution in [3.05, 3.63) is 84.2 Å². The highest BCUT2D eigenvalue weighted by Gasteiger charge is 2.19. The number of piperazine rings is 1. The van der Waals surface area contributed by atoms with Gasteiger partial charge in [0, 0.05) is 38.9 Å². The number of nitrogens with zero attached hydrogens (tertiary/aromatic N) is 4. The summed E-state index contributed by atoms with van der Waals surface area (Å²) in [6.45, 7) is 3.94. The first-order valence-electron chi connectivity index (χ1n) is 9.50. The van der Waals surface area contributed by atoms with Gasteiger partial charge in [-0.2, -0.15) is 0 Å². The monoisotopic (exact) mass is 373 g/mol. The van der Waals surface area contributed by atoms with Gasteiger partial charge in [-0.3, -0.25) is 4.79 Å². The summed E-state index contributed by atoms with van der Waals surface area (Å²) >= 11 is 0. The number of nitrogens with one attached hydrogen (secondary N) is 1. The van der Waals surface area contributed by atoms with Crippen LogP contribution in [0.4, 0.5) is 11.6 Å². The highest BCUT2D eigenvalue weighted by molar-refractivity contribution is 5.92. The number of rotatable bonds is 5. The Morgan fingerprint density at radius 3 is 2.21 bits per heavy atom. The molecule has 6 nitrogen and oxygen atoms in total. The Labute approximate surface area is 164 Å². The lowest BCUT2D eigenvalue weighted by Crippen LogP contribution is -2.47. The molecule has 1 amide bonds. The normalized spacial score (nSPS) is 14.0. The molecule has 1 aliphatic heterocycles. The van der Waals surface area contributed by atoms with Crippen LogP contribution < -0.4 is 15.1 Å². The first kappa shape index (κ1) is 18.0. The lowest BCUT2D eigenvalue weighted by molar-refractivity contribution is 0.0946. The molecule has 142 valence electrons. The molecule has 0 unspecified atom stereocenters. The summed E-state index contributed by atoms with van der Waals surface area (Å²) in [5.41, 5.74) is 1.51. The van der Waals surface area contributed by atoms with Gasteiger partial charge in [0.2, 0.25) is 0 Å². The quantitative estimate of drug-likeness (QED) is 0.745. The van der Waals surface area contributed by atoms with E-state index in [4.69, 9.17) is 0 Å². The molecule has 4 rings (SSSR count). The smallest absolute Gasteiger partial charge is 0.270 e. The lowest BCUT2D eigenvalue weighted by atomic mass is 10.2. The van der Waals surface area contributed by atoms with Crippen LogP contribution >= 0.6 is 0 Å². The van der Waals surface area contributed by atoms with E-state index in [0.717, 1.165) is 43.4 Å². The van der Waals surface area contributed by atoms with E-state index in [1.807, 2.05) is 66.9 Å². The standard InChI is InChI=1S/C22H23N5O/c28-22(24-17-18-7-2-1-3-8-18)19-9-6-11-21(25-19)27-15-13-26(14-16-27)20-10-4-5-12-23-20/h1-12H,13-17H2,(H,24,28). The largest absolute Gasteiger partial charge is 0.353 e. The average Bonchev–Trinajstić information content (AvgIpc) is 2.79. The van der Waals surface area contributed by atoms with Gasteiger partial charge in [-0.15, -0.1) is 0 Å². The summed E-state index contributed by atoms with van der Waals surface area (Å²) in [6.07, 6.45) is 1.82. The van der Waals surface area contributed by atoms with Crippen molar-refractivity contribution in [1.82, 2.24) is 15.3 Å². The number of aromatic nitrogens is 2. The second kappa shape index (κ2) is 8.52. The summed E-state index contributed by atoms with van der Waals surface area (Å²) in [7, 11) is 0. The summed E-state index contributed by atoms with van der Waals surface area (Å²) in [4.78, 5) is 26.0. The highest BCUT2D eigenvalue weighted by Crippen LogP contribution is 2.17. The van der Waals surface area contributed by atoms with Crippen molar-refractivity contribution in [1.29, 1.82) is 0 Å². The van der Waals surface area contributed by atoms with Gasteiger partial charge >= 0.3 is 0 Å². The zero-order valence-corrected chi connectivity index (χ0v) is 15.7. The molecule has 3 heterocycles. The fraction of sp³-hybridized carbons (Fsp3) is 0.227. The zero-order valence-electron chi connectivity index (χ0n) is 15.7. The minimum absolute atomic E-state index is 0.155. The minimum Gasteiger partial charge on any atom is -0.353 e. The number of hydrogen-bond acceptors (Lipinski definition) is 5. The molecule has 28 heavy (non-hydrogen) atoms. The van der Waals surface area contributed by atoms with Gasteiger partial charge in [-0.25, -0.2) is 9.97 Å². The van der Waals surface area contributed by atoms with Crippen molar-refractivity contribution in [2.45, 2.75) is 6.54 Å². The first-order chi connectivity index (χ1) is 13.8. The Morgan fingerprint density at radius 2 is 1.50 bits per heavy atom. The summed E-state index contributed by atoms with van der Waals surface area (Å²) < 4.78 is 0. The van der Waals surface area contributed by atoms with Gasteiger partial charge in [-0.1, -0.05) is 42.5 Å². The number of hydrogen-bond donors (Lipinski definition) is 1. The van der Waals surface area contributed by atoms with Crippen LogP contribution in [0.15, 0.2) is 72.9 Å². The van der Waals surface area contributed by atoms with E-state index in [1.165, 1.54) is 0 Å². The number of carbonyl (C=O) groups is 1. The Morgan fingerprint density at radius 1 is 0.821 bits per heavy atom. The maximum atomic E-state index is 12.5. The highest BCUT2D eigenvalue weighted by atomic mass is 16.1. The number of pyridine rings is 2. The summed E-state index contributed by atoms with van der Waals surface area (Å²) in [5.74, 6) is 1.69. The van der Waals surface area contributed by atoms with Crippen LogP contribution in [0, 0.1) is 0 Å². The molecule has 3 aromatic rings. The van der Waals surface area contributed by atoms with E-state index < -0.39 is 0 Å². The SMILES string of the molecule is O=C(NCc1ccccc1)c1cccc(N2CCN(c3ccccn3)CC2)n1. The van der Waals surface area contributed by atoms with Gasteiger partial charge in [0.05, 0.1) is 0 Å². The van der Waals surface area contributed by atoms with Crippen LogP contribution in [-0.2, 0) is 6.54 Å². The van der Waals surface area contributed by atoms with E-state index in [1.54, 1.807) is 6.07 Å². The predicted octanol–water partition coefficient (Wildman–Crippen LogP) is 2.73. The third-order valence-corrected chi connectivity index (χ3v) is 4.84. The van der Waals surface area contributed by atoms with Gasteiger partial charge in [-0.05, 0) is 29.8 Å². The van der Waals surface area contributed by atoms with Gasteiger partial charge in [0.15, 0.2) is 0 Å². The van der Waals surface area contributed by atoms with Crippen molar-refractivity contribution in [2.75, 3.05) is 36.0 Å². The Balaban J connectivity index is 1.37. The maximum absolute atomic E-state index is 12.5. The topological polar surface area (TPSA) is 61.4 Å². The maximum Gasteiger partial charge on any atom is 0.270 e. The average molecular weight is 373 g/mol. The van der Waals surface area contributed by atoms with Gasteiger partial charge in [0.25, 0.3) is 5.91 Å². The van der Waals surface area contributed by atoms with Crippen LogP contribution in [0.2, 0.25) is 0 Å². The fourth-order valence-corrected chi connectivity index (χ4v) is 3.30. The molecule has 0 radical (unpaired) electrons. The van der Waals surface area contributed by atoms with Crippen LogP contribution in [-0.4, -0.2) is 42.1 Å². The van der Waals surface area contributed by atoms with Gasteiger partial charge in [0.1, 0.15) is 17.3 Å². The van der Waals surface area contributed by atoms with Crippen molar-refractivity contribution in [2.24, 2.45) is 0 Å². The lowest BCUT2D eigenvalue weighted by Gasteiger charge is -2.36. The third-order valence-electron chi connectivity index (χ3n) is 4.84. The van der Waals surface area contributed by atoms with Crippen LogP contribution in [0.1, 0.15) is 16.1 Å². The van der Waals surface area contributed by atoms with Gasteiger partial charge < -0.3 is 15.1 Å². The van der Waals surface area contributed by atoms with E-state index in [-0.39, 0.29) is 5.91 Å². The molecule has 0 spiro atoms. The first-order valence-corrected chi connectivity index (χ1v) is 9.50. The molecule has 0 saturated carbocycles. The zero-order chi connectivity index (χ0) is 19.2. The van der Waals surface area contributed by atoms with Crippen molar-refractivity contribution < 1.29 is 4.79 Å². The van der Waals surface area contributed by atoms with Crippen molar-refractivity contribution in [3.63, 3.8) is 0 Å². The van der Waals surface area contributed by atoms with E-state index >= 15 is 0 Å². The molecule has 1 N–H and O–H groups in total. The molecular weight excluding hydrogens is 350 g/mol. The molecule has 0 atom stereocenters.